The van der Waals surface area contributed by atoms with E-state index in [4.69, 9.17) is 0 Å². The van der Waals surface area contributed by atoms with Crippen LogP contribution in [-0.2, 0) is 6.54 Å². The molecule has 0 saturated heterocycles. The van der Waals surface area contributed by atoms with Gasteiger partial charge in [0.25, 0.3) is 0 Å². The zero-order chi connectivity index (χ0) is 18.6. The molecule has 6 heteroatoms. The summed E-state index contributed by atoms with van der Waals surface area (Å²) in [7, 11) is 0. The molecule has 0 radical (unpaired) electrons. The number of nitrogens with zero attached hydrogens (tertiary/aromatic N) is 3. The van der Waals surface area contributed by atoms with Crippen LogP contribution in [0.25, 0.3) is 22.2 Å². The van der Waals surface area contributed by atoms with E-state index in [0.717, 1.165) is 22.1 Å². The summed E-state index contributed by atoms with van der Waals surface area (Å²) in [6.07, 6.45) is 1.62. The van der Waals surface area contributed by atoms with Gasteiger partial charge in [0, 0.05) is 12.7 Å². The van der Waals surface area contributed by atoms with Crippen molar-refractivity contribution in [1.82, 2.24) is 15.0 Å². The number of benzene rings is 2. The van der Waals surface area contributed by atoms with E-state index in [1.807, 2.05) is 54.6 Å². The molecule has 130 valence electrons. The van der Waals surface area contributed by atoms with E-state index in [1.165, 1.54) is 0 Å². The van der Waals surface area contributed by atoms with E-state index >= 15 is 0 Å². The highest BCUT2D eigenvalue weighted by Crippen LogP contribution is 2.24. The number of aromatic amines is 1. The van der Waals surface area contributed by atoms with Crippen molar-refractivity contribution in [2.75, 3.05) is 5.32 Å². The first kappa shape index (κ1) is 16.5. The molecule has 0 amide bonds. The number of hydrogen-bond acceptors (Lipinski definition) is 5. The van der Waals surface area contributed by atoms with Gasteiger partial charge < -0.3 is 5.32 Å². The van der Waals surface area contributed by atoms with Crippen molar-refractivity contribution < 1.29 is 0 Å². The predicted molar refractivity (Wildman–Crippen MR) is 104 cm³/mol. The summed E-state index contributed by atoms with van der Waals surface area (Å²) in [4.78, 5) is 22.5. The fourth-order valence-corrected chi connectivity index (χ4v) is 2.94. The van der Waals surface area contributed by atoms with Crippen LogP contribution in [-0.4, -0.2) is 15.0 Å². The summed E-state index contributed by atoms with van der Waals surface area (Å²) in [5.74, 6) is 0.501. The summed E-state index contributed by atoms with van der Waals surface area (Å²) in [6.45, 7) is 0.515. The number of hydrogen-bond donors (Lipinski definition) is 2. The molecule has 2 aromatic carbocycles. The number of nitrogens with one attached hydrogen (secondary N) is 2. The molecule has 0 atom stereocenters. The molecule has 2 N–H and O–H groups in total. The first-order valence-electron chi connectivity index (χ1n) is 8.42. The van der Waals surface area contributed by atoms with E-state index in [-0.39, 0.29) is 0 Å². The predicted octanol–water partition coefficient (Wildman–Crippen LogP) is 3.47. The van der Waals surface area contributed by atoms with Gasteiger partial charge >= 0.3 is 5.69 Å². The lowest BCUT2D eigenvalue weighted by atomic mass is 9.99. The normalized spacial score (nSPS) is 10.5. The van der Waals surface area contributed by atoms with Crippen LogP contribution < -0.4 is 11.0 Å². The minimum Gasteiger partial charge on any atom is -0.365 e. The lowest BCUT2D eigenvalue weighted by Crippen LogP contribution is -2.14. The molecular formula is C21H15N5O. The van der Waals surface area contributed by atoms with E-state index in [0.29, 0.717) is 23.6 Å². The van der Waals surface area contributed by atoms with Crippen LogP contribution in [0.5, 0.6) is 0 Å². The Balaban J connectivity index is 1.57. The van der Waals surface area contributed by atoms with Crippen LogP contribution in [0.15, 0.2) is 71.7 Å². The van der Waals surface area contributed by atoms with Gasteiger partial charge in [-0.15, -0.1) is 0 Å². The minimum atomic E-state index is -0.438. The van der Waals surface area contributed by atoms with Gasteiger partial charge in [0.05, 0.1) is 17.0 Å². The Morgan fingerprint density at radius 3 is 2.67 bits per heavy atom. The monoisotopic (exact) mass is 353 g/mol. The number of pyridine rings is 1. The molecule has 0 aliphatic carbocycles. The molecule has 2 heterocycles. The molecule has 0 spiro atoms. The Hall–Kier alpha value is -3.98. The van der Waals surface area contributed by atoms with Crippen molar-refractivity contribution in [2.24, 2.45) is 0 Å². The zero-order valence-corrected chi connectivity index (χ0v) is 14.3. The maximum absolute atomic E-state index is 11.7. The van der Waals surface area contributed by atoms with Crippen molar-refractivity contribution in [3.05, 3.63) is 88.5 Å². The lowest BCUT2D eigenvalue weighted by Gasteiger charge is -2.09. The molecule has 4 aromatic rings. The van der Waals surface area contributed by atoms with Crippen LogP contribution in [0.1, 0.15) is 11.1 Å². The SMILES string of the molecule is N#Cc1ccccc1-c1ccc(CNc2nc(=O)[nH]c3ncccc23)cc1. The molecule has 0 aliphatic heterocycles. The Labute approximate surface area is 155 Å². The molecule has 6 nitrogen and oxygen atoms in total. The van der Waals surface area contributed by atoms with Gasteiger partial charge in [-0.2, -0.15) is 10.2 Å². The number of fused-ring (bicyclic) bond motifs is 1. The Bertz CT molecular complexity index is 1210. The summed E-state index contributed by atoms with van der Waals surface area (Å²) >= 11 is 0. The molecule has 0 bridgehead atoms. The topological polar surface area (TPSA) is 94.5 Å². The van der Waals surface area contributed by atoms with Gasteiger partial charge in [-0.3, -0.25) is 4.98 Å². The summed E-state index contributed by atoms with van der Waals surface area (Å²) in [5, 5.41) is 13.2. The maximum Gasteiger partial charge on any atom is 0.348 e. The van der Waals surface area contributed by atoms with Crippen LogP contribution >= 0.6 is 0 Å². The maximum atomic E-state index is 11.7. The molecule has 0 aliphatic rings. The van der Waals surface area contributed by atoms with Crippen LogP contribution in [0, 0.1) is 11.3 Å². The first-order chi connectivity index (χ1) is 13.2. The van der Waals surface area contributed by atoms with Gasteiger partial charge in [-0.1, -0.05) is 42.5 Å². The second-order valence-electron chi connectivity index (χ2n) is 6.00. The Morgan fingerprint density at radius 1 is 1.04 bits per heavy atom. The standard InChI is InChI=1S/C21H15N5O/c22-12-16-4-1-2-5-17(16)15-9-7-14(8-10-15)13-24-20-18-6-3-11-23-19(18)25-21(27)26-20/h1-11H,13H2,(H2,23,24,25,26,27). The van der Waals surface area contributed by atoms with E-state index in [1.54, 1.807) is 12.3 Å². The third-order valence-electron chi connectivity index (χ3n) is 4.27. The molecule has 2 aromatic heterocycles. The third kappa shape index (κ3) is 3.39. The fraction of sp³-hybridized carbons (Fsp3) is 0.0476. The van der Waals surface area contributed by atoms with Gasteiger partial charge in [-0.25, -0.2) is 9.78 Å². The number of aromatic nitrogens is 3. The highest BCUT2D eigenvalue weighted by Gasteiger charge is 2.07. The van der Waals surface area contributed by atoms with E-state index in [2.05, 4.69) is 26.3 Å². The molecule has 4 rings (SSSR count). The number of rotatable bonds is 4. The molecule has 27 heavy (non-hydrogen) atoms. The Morgan fingerprint density at radius 2 is 1.85 bits per heavy atom. The Kier molecular flexibility index (Phi) is 4.33. The number of H-pyrrole nitrogens is 1. The fourth-order valence-electron chi connectivity index (χ4n) is 2.94. The highest BCUT2D eigenvalue weighted by molar-refractivity contribution is 5.85. The summed E-state index contributed by atoms with van der Waals surface area (Å²) < 4.78 is 0. The van der Waals surface area contributed by atoms with Crippen molar-refractivity contribution >= 4 is 16.9 Å². The third-order valence-corrected chi connectivity index (χ3v) is 4.27. The van der Waals surface area contributed by atoms with E-state index < -0.39 is 5.69 Å². The summed E-state index contributed by atoms with van der Waals surface area (Å²) in [6, 6.07) is 21.3. The van der Waals surface area contributed by atoms with Gasteiger partial charge in [0.1, 0.15) is 11.5 Å². The summed E-state index contributed by atoms with van der Waals surface area (Å²) in [5.41, 5.74) is 3.64. The van der Waals surface area contributed by atoms with Crippen LogP contribution in [0.2, 0.25) is 0 Å². The molecule has 0 fully saturated rings. The minimum absolute atomic E-state index is 0.438. The largest absolute Gasteiger partial charge is 0.365 e. The highest BCUT2D eigenvalue weighted by atomic mass is 16.1. The molecule has 0 saturated carbocycles. The van der Waals surface area contributed by atoms with Gasteiger partial charge in [0.15, 0.2) is 0 Å². The van der Waals surface area contributed by atoms with Crippen molar-refractivity contribution in [3.8, 4) is 17.2 Å². The zero-order valence-electron chi connectivity index (χ0n) is 14.3. The number of anilines is 1. The molecule has 0 unspecified atom stereocenters. The smallest absolute Gasteiger partial charge is 0.348 e. The average molecular weight is 353 g/mol. The first-order valence-corrected chi connectivity index (χ1v) is 8.42. The quantitative estimate of drug-likeness (QED) is 0.586. The van der Waals surface area contributed by atoms with E-state index in [9.17, 15) is 10.1 Å². The van der Waals surface area contributed by atoms with Gasteiger partial charge in [0.2, 0.25) is 0 Å². The van der Waals surface area contributed by atoms with Crippen molar-refractivity contribution in [2.45, 2.75) is 6.54 Å². The van der Waals surface area contributed by atoms with Crippen LogP contribution in [0.4, 0.5) is 5.82 Å². The lowest BCUT2D eigenvalue weighted by molar-refractivity contribution is 1.05. The van der Waals surface area contributed by atoms with Crippen molar-refractivity contribution in [3.63, 3.8) is 0 Å². The number of nitriles is 1. The van der Waals surface area contributed by atoms with Crippen LogP contribution in [0.3, 0.4) is 0 Å². The van der Waals surface area contributed by atoms with Crippen molar-refractivity contribution in [1.29, 1.82) is 5.26 Å². The average Bonchev–Trinajstić information content (AvgIpc) is 2.72. The molecular weight excluding hydrogens is 338 g/mol. The second kappa shape index (κ2) is 7.10. The van der Waals surface area contributed by atoms with Gasteiger partial charge in [-0.05, 0) is 34.9 Å². The second-order valence-corrected chi connectivity index (χ2v) is 6.00.